The normalized spacial score (nSPS) is 11.8. The number of nitrogens with one attached hydrogen (secondary N) is 1. The summed E-state index contributed by atoms with van der Waals surface area (Å²) in [6.07, 6.45) is 0. The van der Waals surface area contributed by atoms with Gasteiger partial charge >= 0.3 is 0 Å². The summed E-state index contributed by atoms with van der Waals surface area (Å²) in [5, 5.41) is 12.0. The minimum atomic E-state index is -0.223. The summed E-state index contributed by atoms with van der Waals surface area (Å²) in [7, 11) is 1.63. The van der Waals surface area contributed by atoms with Crippen LogP contribution in [0, 0.1) is 6.92 Å². The van der Waals surface area contributed by atoms with Gasteiger partial charge in [0.25, 0.3) is 0 Å². The van der Waals surface area contributed by atoms with Crippen molar-refractivity contribution in [3.8, 4) is 5.75 Å². The van der Waals surface area contributed by atoms with Crippen molar-refractivity contribution in [2.24, 2.45) is 0 Å². The fourth-order valence-corrected chi connectivity index (χ4v) is 4.26. The van der Waals surface area contributed by atoms with Gasteiger partial charge in [-0.3, -0.25) is 4.79 Å². The topological polar surface area (TPSA) is 64.1 Å². The van der Waals surface area contributed by atoms with Crippen LogP contribution in [0.4, 0.5) is 10.8 Å². The smallest absolute Gasteiger partial charge is 0.210 e. The lowest BCUT2D eigenvalue weighted by Crippen LogP contribution is -2.13. The Balaban J connectivity index is 1.61. The standard InChI is InChI=1S/C19H19N3O2S2/c1-12-4-6-14(7-5-12)17(23)13(2)25-19-22-21-18(26-19)20-15-8-10-16(24-3)11-9-15/h4-11,13H,1-3H3,(H,20,21)/t13-/m0/s1. The lowest BCUT2D eigenvalue weighted by molar-refractivity contribution is 0.0994. The van der Waals surface area contributed by atoms with Crippen LogP contribution >= 0.6 is 23.1 Å². The van der Waals surface area contributed by atoms with Crippen molar-refractivity contribution >= 4 is 39.7 Å². The number of anilines is 2. The molecule has 134 valence electrons. The quantitative estimate of drug-likeness (QED) is 0.458. The molecule has 1 atom stereocenters. The van der Waals surface area contributed by atoms with E-state index in [1.54, 1.807) is 7.11 Å². The van der Waals surface area contributed by atoms with Crippen LogP contribution in [0.1, 0.15) is 22.8 Å². The van der Waals surface area contributed by atoms with Crippen LogP contribution in [-0.2, 0) is 0 Å². The number of ether oxygens (including phenoxy) is 1. The Morgan fingerprint density at radius 3 is 2.46 bits per heavy atom. The lowest BCUT2D eigenvalue weighted by atomic mass is 10.1. The zero-order valence-corrected chi connectivity index (χ0v) is 16.4. The van der Waals surface area contributed by atoms with E-state index in [-0.39, 0.29) is 11.0 Å². The maximum absolute atomic E-state index is 12.5. The fourth-order valence-electron chi connectivity index (χ4n) is 2.26. The summed E-state index contributed by atoms with van der Waals surface area (Å²) >= 11 is 2.85. The van der Waals surface area contributed by atoms with Crippen molar-refractivity contribution in [2.75, 3.05) is 12.4 Å². The predicted octanol–water partition coefficient (Wildman–Crippen LogP) is 4.96. The Kier molecular flexibility index (Phi) is 5.90. The summed E-state index contributed by atoms with van der Waals surface area (Å²) in [5.41, 5.74) is 2.76. The number of methoxy groups -OCH3 is 1. The molecule has 7 heteroatoms. The minimum Gasteiger partial charge on any atom is -0.497 e. The first kappa shape index (κ1) is 18.4. The van der Waals surface area contributed by atoms with Gasteiger partial charge in [0, 0.05) is 11.3 Å². The van der Waals surface area contributed by atoms with Gasteiger partial charge in [0.15, 0.2) is 10.1 Å². The van der Waals surface area contributed by atoms with Gasteiger partial charge in [-0.15, -0.1) is 10.2 Å². The first-order chi connectivity index (χ1) is 12.5. The van der Waals surface area contributed by atoms with E-state index in [4.69, 9.17) is 4.74 Å². The van der Waals surface area contributed by atoms with E-state index in [1.165, 1.54) is 23.1 Å². The second-order valence-corrected chi connectivity index (χ2v) is 8.28. The zero-order chi connectivity index (χ0) is 18.5. The molecular weight excluding hydrogens is 366 g/mol. The van der Waals surface area contributed by atoms with E-state index >= 15 is 0 Å². The van der Waals surface area contributed by atoms with Crippen LogP contribution in [0.25, 0.3) is 0 Å². The summed E-state index contributed by atoms with van der Waals surface area (Å²) in [6.45, 7) is 3.90. The molecule has 0 aliphatic carbocycles. The molecule has 3 rings (SSSR count). The van der Waals surface area contributed by atoms with E-state index < -0.39 is 0 Å². The first-order valence-corrected chi connectivity index (χ1v) is 9.77. The third-order valence-corrected chi connectivity index (χ3v) is 5.75. The number of Topliss-reactive ketones (excluding diaryl/α,β-unsaturated/α-hetero) is 1. The number of benzene rings is 2. The van der Waals surface area contributed by atoms with E-state index in [1.807, 2.05) is 62.4 Å². The minimum absolute atomic E-state index is 0.0925. The Morgan fingerprint density at radius 1 is 1.12 bits per heavy atom. The van der Waals surface area contributed by atoms with Gasteiger partial charge in [-0.25, -0.2) is 0 Å². The van der Waals surface area contributed by atoms with E-state index in [0.717, 1.165) is 26.9 Å². The molecule has 26 heavy (non-hydrogen) atoms. The monoisotopic (exact) mass is 385 g/mol. The molecule has 0 aliphatic heterocycles. The van der Waals surface area contributed by atoms with E-state index in [9.17, 15) is 4.79 Å². The van der Waals surface area contributed by atoms with E-state index in [2.05, 4.69) is 15.5 Å². The number of rotatable bonds is 7. The van der Waals surface area contributed by atoms with Crippen molar-refractivity contribution in [1.29, 1.82) is 0 Å². The number of aryl methyl sites for hydroxylation is 1. The number of aromatic nitrogens is 2. The van der Waals surface area contributed by atoms with Crippen molar-refractivity contribution in [3.05, 3.63) is 59.7 Å². The number of hydrogen-bond acceptors (Lipinski definition) is 7. The molecule has 0 fully saturated rings. The van der Waals surface area contributed by atoms with Gasteiger partial charge < -0.3 is 10.1 Å². The maximum Gasteiger partial charge on any atom is 0.210 e. The molecule has 0 bridgehead atoms. The molecule has 1 heterocycles. The number of hydrogen-bond donors (Lipinski definition) is 1. The highest BCUT2D eigenvalue weighted by molar-refractivity contribution is 8.02. The van der Waals surface area contributed by atoms with Gasteiger partial charge in [0.2, 0.25) is 5.13 Å². The fraction of sp³-hybridized carbons (Fsp3) is 0.211. The zero-order valence-electron chi connectivity index (χ0n) is 14.7. The predicted molar refractivity (Wildman–Crippen MR) is 107 cm³/mol. The number of nitrogens with zero attached hydrogens (tertiary/aromatic N) is 2. The van der Waals surface area contributed by atoms with Crippen LogP contribution in [0.5, 0.6) is 5.75 Å². The van der Waals surface area contributed by atoms with Crippen LogP contribution in [0.15, 0.2) is 52.9 Å². The molecule has 0 saturated carbocycles. The first-order valence-electron chi connectivity index (χ1n) is 8.07. The van der Waals surface area contributed by atoms with E-state index in [0.29, 0.717) is 5.13 Å². The average molecular weight is 386 g/mol. The second kappa shape index (κ2) is 8.33. The second-order valence-electron chi connectivity index (χ2n) is 5.72. The molecule has 0 saturated heterocycles. The summed E-state index contributed by atoms with van der Waals surface area (Å²) < 4.78 is 5.90. The Morgan fingerprint density at radius 2 is 1.81 bits per heavy atom. The lowest BCUT2D eigenvalue weighted by Gasteiger charge is -2.08. The highest BCUT2D eigenvalue weighted by Crippen LogP contribution is 2.32. The Bertz CT molecular complexity index is 877. The number of thioether (sulfide) groups is 1. The van der Waals surface area contributed by atoms with Crippen LogP contribution in [-0.4, -0.2) is 28.3 Å². The van der Waals surface area contributed by atoms with Gasteiger partial charge in [0.05, 0.1) is 12.4 Å². The molecule has 0 unspecified atom stereocenters. The number of carbonyl (C=O) groups excluding carboxylic acids is 1. The molecule has 0 spiro atoms. The number of carbonyl (C=O) groups is 1. The summed E-state index contributed by atoms with van der Waals surface area (Å²) in [5.74, 6) is 0.891. The molecule has 1 N–H and O–H groups in total. The van der Waals surface area contributed by atoms with Crippen molar-refractivity contribution in [1.82, 2.24) is 10.2 Å². The molecule has 2 aromatic carbocycles. The van der Waals surface area contributed by atoms with Crippen molar-refractivity contribution in [2.45, 2.75) is 23.4 Å². The highest BCUT2D eigenvalue weighted by Gasteiger charge is 2.18. The molecule has 3 aromatic rings. The average Bonchev–Trinajstić information content (AvgIpc) is 3.09. The van der Waals surface area contributed by atoms with Crippen molar-refractivity contribution in [3.63, 3.8) is 0 Å². The Hall–Kier alpha value is -2.38. The molecule has 0 amide bonds. The van der Waals surface area contributed by atoms with Crippen LogP contribution in [0.3, 0.4) is 0 Å². The summed E-state index contributed by atoms with van der Waals surface area (Å²) in [6, 6.07) is 15.2. The molecular formula is C19H19N3O2S2. The highest BCUT2D eigenvalue weighted by atomic mass is 32.2. The Labute approximate surface area is 160 Å². The molecule has 1 aromatic heterocycles. The largest absolute Gasteiger partial charge is 0.497 e. The third-order valence-electron chi connectivity index (χ3n) is 3.73. The van der Waals surface area contributed by atoms with Crippen LogP contribution in [0.2, 0.25) is 0 Å². The van der Waals surface area contributed by atoms with Gasteiger partial charge in [-0.05, 0) is 38.1 Å². The third kappa shape index (κ3) is 4.62. The van der Waals surface area contributed by atoms with Gasteiger partial charge in [0.1, 0.15) is 5.75 Å². The van der Waals surface area contributed by atoms with Crippen molar-refractivity contribution < 1.29 is 9.53 Å². The van der Waals surface area contributed by atoms with Gasteiger partial charge in [-0.2, -0.15) is 0 Å². The SMILES string of the molecule is COc1ccc(Nc2nnc(S[C@@H](C)C(=O)c3ccc(C)cc3)s2)cc1. The van der Waals surface area contributed by atoms with Crippen LogP contribution < -0.4 is 10.1 Å². The molecule has 0 radical (unpaired) electrons. The molecule has 0 aliphatic rings. The maximum atomic E-state index is 12.5. The number of ketones is 1. The van der Waals surface area contributed by atoms with Gasteiger partial charge in [-0.1, -0.05) is 52.9 Å². The summed E-state index contributed by atoms with van der Waals surface area (Å²) in [4.78, 5) is 12.5. The molecule has 5 nitrogen and oxygen atoms in total.